The molecule has 1 atom stereocenters. The SMILES string of the molecule is CC(C)(C)OC(=O)CC(CCN1CCCC(F)(F)C1)NC(=O)c1cn(-c2ccccc2C(F)(F)F)c(C2CCCC2)n1. The highest BCUT2D eigenvalue weighted by Gasteiger charge is 2.37. The second-order valence-corrected chi connectivity index (χ2v) is 12.3. The largest absolute Gasteiger partial charge is 0.460 e. The number of alkyl halides is 5. The number of esters is 1. The van der Waals surface area contributed by atoms with Gasteiger partial charge in [-0.2, -0.15) is 13.2 Å². The van der Waals surface area contributed by atoms with Crippen LogP contribution >= 0.6 is 0 Å². The van der Waals surface area contributed by atoms with Gasteiger partial charge >= 0.3 is 12.1 Å². The minimum Gasteiger partial charge on any atom is -0.460 e. The van der Waals surface area contributed by atoms with Crippen molar-refractivity contribution in [3.63, 3.8) is 0 Å². The van der Waals surface area contributed by atoms with Crippen molar-refractivity contribution in [2.75, 3.05) is 19.6 Å². The van der Waals surface area contributed by atoms with Gasteiger partial charge in [0.25, 0.3) is 11.8 Å². The number of amides is 1. The van der Waals surface area contributed by atoms with Gasteiger partial charge in [-0.3, -0.25) is 14.5 Å². The number of hydrogen-bond donors (Lipinski definition) is 1. The highest BCUT2D eigenvalue weighted by atomic mass is 19.4. The predicted octanol–water partition coefficient (Wildman–Crippen LogP) is 6.50. The zero-order valence-electron chi connectivity index (χ0n) is 24.3. The number of benzene rings is 1. The first-order valence-electron chi connectivity index (χ1n) is 14.5. The van der Waals surface area contributed by atoms with Crippen molar-refractivity contribution < 1.29 is 36.3 Å². The Bertz CT molecular complexity index is 1250. The number of carbonyl (C=O) groups excluding carboxylic acids is 2. The lowest BCUT2D eigenvalue weighted by molar-refractivity contribution is -0.155. The lowest BCUT2D eigenvalue weighted by Gasteiger charge is -2.33. The van der Waals surface area contributed by atoms with Crippen LogP contribution in [0.15, 0.2) is 30.5 Å². The Morgan fingerprint density at radius 1 is 1.12 bits per heavy atom. The molecule has 42 heavy (non-hydrogen) atoms. The molecule has 1 aromatic heterocycles. The summed E-state index contributed by atoms with van der Waals surface area (Å²) in [5.41, 5.74) is -1.79. The monoisotopic (exact) mass is 598 g/mol. The van der Waals surface area contributed by atoms with E-state index in [1.807, 2.05) is 0 Å². The first-order valence-corrected chi connectivity index (χ1v) is 14.5. The third-order valence-corrected chi connectivity index (χ3v) is 7.59. The molecule has 2 aliphatic rings. The van der Waals surface area contributed by atoms with E-state index in [9.17, 15) is 31.5 Å². The lowest BCUT2D eigenvalue weighted by atomic mass is 10.0. The second kappa shape index (κ2) is 12.7. The van der Waals surface area contributed by atoms with E-state index in [0.717, 1.165) is 31.7 Å². The van der Waals surface area contributed by atoms with Gasteiger partial charge in [0.05, 0.1) is 24.2 Å². The van der Waals surface area contributed by atoms with Crippen molar-refractivity contribution >= 4 is 11.9 Å². The fourth-order valence-corrected chi connectivity index (χ4v) is 5.74. The molecule has 1 aliphatic carbocycles. The summed E-state index contributed by atoms with van der Waals surface area (Å²) < 4.78 is 76.4. The van der Waals surface area contributed by atoms with E-state index < -0.39 is 47.7 Å². The molecular formula is C30H39F5N4O3. The molecule has 0 bridgehead atoms. The third-order valence-electron chi connectivity index (χ3n) is 7.59. The number of carbonyl (C=O) groups is 2. The fourth-order valence-electron chi connectivity index (χ4n) is 5.74. The third kappa shape index (κ3) is 8.52. The van der Waals surface area contributed by atoms with Crippen LogP contribution in [0.3, 0.4) is 0 Å². The number of rotatable bonds is 9. The summed E-state index contributed by atoms with van der Waals surface area (Å²) in [6, 6.07) is 4.40. The highest BCUT2D eigenvalue weighted by Crippen LogP contribution is 2.38. The Morgan fingerprint density at radius 3 is 2.45 bits per heavy atom. The van der Waals surface area contributed by atoms with Crippen molar-refractivity contribution in [2.45, 2.75) is 102 Å². The number of ether oxygens (including phenoxy) is 1. The summed E-state index contributed by atoms with van der Waals surface area (Å²) in [5, 5.41) is 2.79. The van der Waals surface area contributed by atoms with Gasteiger partial charge in [0.2, 0.25) is 0 Å². The lowest BCUT2D eigenvalue weighted by Crippen LogP contribution is -2.45. The summed E-state index contributed by atoms with van der Waals surface area (Å²) in [6.45, 7) is 5.45. The molecule has 12 heteroatoms. The molecule has 2 fully saturated rings. The fraction of sp³-hybridized carbons (Fsp3) is 0.633. The molecule has 7 nitrogen and oxygen atoms in total. The van der Waals surface area contributed by atoms with Crippen molar-refractivity contribution in [2.24, 2.45) is 0 Å². The van der Waals surface area contributed by atoms with Crippen LogP contribution in [0.5, 0.6) is 0 Å². The van der Waals surface area contributed by atoms with Gasteiger partial charge in [0, 0.05) is 31.1 Å². The van der Waals surface area contributed by atoms with Crippen LogP contribution in [0.2, 0.25) is 0 Å². The van der Waals surface area contributed by atoms with Gasteiger partial charge in [-0.25, -0.2) is 13.8 Å². The van der Waals surface area contributed by atoms with Crippen molar-refractivity contribution in [1.82, 2.24) is 19.8 Å². The molecule has 1 aromatic carbocycles. The Kier molecular flexibility index (Phi) is 9.64. The molecule has 0 radical (unpaired) electrons. The molecule has 1 unspecified atom stereocenters. The van der Waals surface area contributed by atoms with Crippen molar-refractivity contribution in [1.29, 1.82) is 0 Å². The molecule has 1 saturated heterocycles. The Balaban J connectivity index is 1.59. The standard InChI is InChI=1S/C30H39F5N4O3/c1-28(2,3)42-25(40)17-21(13-16-38-15-8-14-29(31,32)19-38)36-27(41)23-18-39(26(37-23)20-9-4-5-10-20)24-12-7-6-11-22(24)30(33,34)35/h6-7,11-12,18,20-21H,4-5,8-10,13-17,19H2,1-3H3,(H,36,41). The van der Waals surface area contributed by atoms with Crippen LogP contribution in [0.25, 0.3) is 5.69 Å². The summed E-state index contributed by atoms with van der Waals surface area (Å²) >= 11 is 0. The summed E-state index contributed by atoms with van der Waals surface area (Å²) in [6.07, 6.45) is 0.183. The highest BCUT2D eigenvalue weighted by molar-refractivity contribution is 5.92. The molecular weight excluding hydrogens is 559 g/mol. The quantitative estimate of drug-likeness (QED) is 0.264. The van der Waals surface area contributed by atoms with Crippen LogP contribution in [0, 0.1) is 0 Å². The number of imidazole rings is 1. The number of nitrogens with zero attached hydrogens (tertiary/aromatic N) is 3. The number of likely N-dealkylation sites (tertiary alicyclic amines) is 1. The molecule has 232 valence electrons. The maximum Gasteiger partial charge on any atom is 0.418 e. The Morgan fingerprint density at radius 2 is 1.81 bits per heavy atom. The molecule has 1 saturated carbocycles. The van der Waals surface area contributed by atoms with E-state index in [0.29, 0.717) is 18.8 Å². The number of piperidine rings is 1. The second-order valence-electron chi connectivity index (χ2n) is 12.3. The first kappa shape index (κ1) is 31.9. The molecule has 1 aliphatic heterocycles. The summed E-state index contributed by atoms with van der Waals surface area (Å²) in [7, 11) is 0. The minimum atomic E-state index is -4.61. The number of aromatic nitrogens is 2. The summed E-state index contributed by atoms with van der Waals surface area (Å²) in [5.74, 6) is -3.74. The van der Waals surface area contributed by atoms with E-state index in [2.05, 4.69) is 10.3 Å². The first-order chi connectivity index (χ1) is 19.6. The van der Waals surface area contributed by atoms with Crippen LogP contribution in [0.4, 0.5) is 22.0 Å². The molecule has 0 spiro atoms. The van der Waals surface area contributed by atoms with Gasteiger partial charge in [-0.1, -0.05) is 25.0 Å². The average Bonchev–Trinajstić information content (AvgIpc) is 3.55. The van der Waals surface area contributed by atoms with Crippen LogP contribution in [0.1, 0.15) is 99.9 Å². The zero-order chi connectivity index (χ0) is 30.7. The normalized spacial score (nSPS) is 19.0. The summed E-state index contributed by atoms with van der Waals surface area (Å²) in [4.78, 5) is 32.3. The van der Waals surface area contributed by atoms with Crippen molar-refractivity contribution in [3.8, 4) is 5.69 Å². The van der Waals surface area contributed by atoms with E-state index in [4.69, 9.17) is 4.74 Å². The topological polar surface area (TPSA) is 76.5 Å². The van der Waals surface area contributed by atoms with Crippen molar-refractivity contribution in [3.05, 3.63) is 47.5 Å². The zero-order valence-corrected chi connectivity index (χ0v) is 24.3. The van der Waals surface area contributed by atoms with E-state index in [1.54, 1.807) is 25.7 Å². The van der Waals surface area contributed by atoms with Crippen LogP contribution < -0.4 is 5.32 Å². The Hall–Kier alpha value is -3.02. The Labute approximate surface area is 242 Å². The van der Waals surface area contributed by atoms with Crippen LogP contribution in [-0.2, 0) is 15.7 Å². The molecule has 2 heterocycles. The van der Waals surface area contributed by atoms with Gasteiger partial charge in [-0.05, 0) is 65.1 Å². The molecule has 2 aromatic rings. The van der Waals surface area contributed by atoms with Crippen LogP contribution in [-0.4, -0.2) is 63.5 Å². The molecule has 1 amide bonds. The van der Waals surface area contributed by atoms with E-state index >= 15 is 0 Å². The number of nitrogens with one attached hydrogen (secondary N) is 1. The number of halogens is 5. The van der Waals surface area contributed by atoms with Gasteiger partial charge < -0.3 is 14.6 Å². The number of hydrogen-bond acceptors (Lipinski definition) is 5. The van der Waals surface area contributed by atoms with Gasteiger partial charge in [0.15, 0.2) is 0 Å². The van der Waals surface area contributed by atoms with Gasteiger partial charge in [-0.15, -0.1) is 0 Å². The molecule has 4 rings (SSSR count). The van der Waals surface area contributed by atoms with E-state index in [-0.39, 0.29) is 43.1 Å². The predicted molar refractivity (Wildman–Crippen MR) is 147 cm³/mol. The maximum absolute atomic E-state index is 14.0. The van der Waals surface area contributed by atoms with Gasteiger partial charge in [0.1, 0.15) is 17.1 Å². The molecule has 1 N–H and O–H groups in total. The maximum atomic E-state index is 14.0. The average molecular weight is 599 g/mol. The van der Waals surface area contributed by atoms with E-state index in [1.165, 1.54) is 29.0 Å². The smallest absolute Gasteiger partial charge is 0.418 e. The number of para-hydroxylation sites is 1. The minimum absolute atomic E-state index is 0.0763.